The number of nitrogens with zero attached hydrogens (tertiary/aromatic N) is 1. The molecule has 1 aliphatic carbocycles. The highest BCUT2D eigenvalue weighted by Crippen LogP contribution is 2.37. The number of hydrogen-bond donors (Lipinski definition) is 1. The minimum Gasteiger partial charge on any atom is -0.381 e. The van der Waals surface area contributed by atoms with Gasteiger partial charge >= 0.3 is 0 Å². The van der Waals surface area contributed by atoms with E-state index in [1.54, 1.807) is 7.11 Å². The molecule has 0 aliphatic heterocycles. The summed E-state index contributed by atoms with van der Waals surface area (Å²) >= 11 is 0. The second kappa shape index (κ2) is 6.55. The molecule has 0 aromatic heterocycles. The summed E-state index contributed by atoms with van der Waals surface area (Å²) < 4.78 is 18.6. The number of halogens is 1. The molecule has 1 aromatic carbocycles. The van der Waals surface area contributed by atoms with Gasteiger partial charge in [0.15, 0.2) is 0 Å². The van der Waals surface area contributed by atoms with Crippen LogP contribution in [0.25, 0.3) is 0 Å². The summed E-state index contributed by atoms with van der Waals surface area (Å²) in [6.07, 6.45) is 4.46. The molecule has 20 heavy (non-hydrogen) atoms. The molecule has 112 valence electrons. The first kappa shape index (κ1) is 15.3. The Balaban J connectivity index is 2.21. The van der Waals surface area contributed by atoms with Crippen LogP contribution in [-0.2, 0) is 4.74 Å². The lowest BCUT2D eigenvalue weighted by molar-refractivity contribution is 0.0497. The lowest BCUT2D eigenvalue weighted by Crippen LogP contribution is -2.56. The fraction of sp³-hybridized carbons (Fsp3) is 0.625. The molecule has 2 N–H and O–H groups in total. The van der Waals surface area contributed by atoms with Crippen LogP contribution in [0.4, 0.5) is 10.1 Å². The molecular formula is C16H25FN2O. The van der Waals surface area contributed by atoms with Crippen molar-refractivity contribution >= 4 is 5.69 Å². The van der Waals surface area contributed by atoms with E-state index in [-0.39, 0.29) is 11.4 Å². The number of hydrogen-bond acceptors (Lipinski definition) is 3. The van der Waals surface area contributed by atoms with Crippen LogP contribution in [0.1, 0.15) is 32.6 Å². The van der Waals surface area contributed by atoms with E-state index in [0.717, 1.165) is 37.9 Å². The molecule has 0 spiro atoms. The molecule has 0 radical (unpaired) electrons. The van der Waals surface area contributed by atoms with Gasteiger partial charge in [0.2, 0.25) is 0 Å². The molecule has 0 saturated heterocycles. The van der Waals surface area contributed by atoms with Crippen LogP contribution in [0.15, 0.2) is 24.3 Å². The number of benzene rings is 1. The molecule has 2 rings (SSSR count). The van der Waals surface area contributed by atoms with E-state index in [0.29, 0.717) is 12.6 Å². The summed E-state index contributed by atoms with van der Waals surface area (Å²) in [4.78, 5) is 2.33. The molecule has 0 atom stereocenters. The van der Waals surface area contributed by atoms with Crippen LogP contribution in [0.3, 0.4) is 0 Å². The van der Waals surface area contributed by atoms with E-state index in [1.165, 1.54) is 12.1 Å². The monoisotopic (exact) mass is 280 g/mol. The first-order valence-electron chi connectivity index (χ1n) is 7.41. The largest absolute Gasteiger partial charge is 0.381 e. The van der Waals surface area contributed by atoms with Gasteiger partial charge in [-0.25, -0.2) is 4.39 Å². The second-order valence-corrected chi connectivity index (χ2v) is 5.58. The van der Waals surface area contributed by atoms with Crippen molar-refractivity contribution < 1.29 is 9.13 Å². The van der Waals surface area contributed by atoms with Crippen LogP contribution in [0, 0.1) is 5.82 Å². The number of rotatable bonds is 5. The van der Waals surface area contributed by atoms with Crippen LogP contribution < -0.4 is 10.6 Å². The summed E-state index contributed by atoms with van der Waals surface area (Å²) in [6.45, 7) is 3.62. The fourth-order valence-electron chi connectivity index (χ4n) is 3.36. The number of ether oxygens (including phenoxy) is 1. The lowest BCUT2D eigenvalue weighted by atomic mass is 9.78. The maximum absolute atomic E-state index is 13.1. The Morgan fingerprint density at radius 3 is 2.35 bits per heavy atom. The molecule has 1 saturated carbocycles. The molecule has 0 heterocycles. The predicted molar refractivity (Wildman–Crippen MR) is 80.5 cm³/mol. The Morgan fingerprint density at radius 2 is 1.90 bits per heavy atom. The zero-order chi connectivity index (χ0) is 14.6. The van der Waals surface area contributed by atoms with E-state index >= 15 is 0 Å². The summed E-state index contributed by atoms with van der Waals surface area (Å²) in [5.74, 6) is -0.199. The van der Waals surface area contributed by atoms with Gasteiger partial charge in [-0.1, -0.05) is 0 Å². The highest BCUT2D eigenvalue weighted by atomic mass is 19.1. The third kappa shape index (κ3) is 2.96. The summed E-state index contributed by atoms with van der Waals surface area (Å²) in [6, 6.07) is 6.73. The van der Waals surface area contributed by atoms with Gasteiger partial charge in [-0.2, -0.15) is 0 Å². The Morgan fingerprint density at radius 1 is 1.30 bits per heavy atom. The van der Waals surface area contributed by atoms with Crippen LogP contribution in [0.5, 0.6) is 0 Å². The van der Waals surface area contributed by atoms with Crippen molar-refractivity contribution in [2.24, 2.45) is 5.73 Å². The van der Waals surface area contributed by atoms with Crippen molar-refractivity contribution in [3.8, 4) is 0 Å². The topological polar surface area (TPSA) is 38.5 Å². The Hall–Kier alpha value is -1.13. The number of likely N-dealkylation sites (N-methyl/N-ethyl adjacent to an activating group) is 1. The number of methoxy groups -OCH3 is 1. The molecule has 4 heteroatoms. The molecule has 1 fully saturated rings. The molecule has 1 aromatic rings. The van der Waals surface area contributed by atoms with Gasteiger partial charge < -0.3 is 15.4 Å². The first-order chi connectivity index (χ1) is 9.65. The standard InChI is InChI=1S/C16H25FN2O/c1-3-19(14-6-4-13(17)5-7-14)16(12-18)10-8-15(20-2)9-11-16/h4-7,15H,3,8-12,18H2,1-2H3. The van der Waals surface area contributed by atoms with Gasteiger partial charge in [0.25, 0.3) is 0 Å². The van der Waals surface area contributed by atoms with Crippen molar-refractivity contribution in [1.29, 1.82) is 0 Å². The normalized spacial score (nSPS) is 26.5. The Kier molecular flexibility index (Phi) is 5.00. The quantitative estimate of drug-likeness (QED) is 0.901. The van der Waals surface area contributed by atoms with Gasteiger partial charge in [-0.05, 0) is 56.9 Å². The van der Waals surface area contributed by atoms with Crippen LogP contribution in [0.2, 0.25) is 0 Å². The van der Waals surface area contributed by atoms with E-state index in [4.69, 9.17) is 10.5 Å². The maximum Gasteiger partial charge on any atom is 0.123 e. The Bertz CT molecular complexity index is 413. The minimum absolute atomic E-state index is 0.0262. The highest BCUT2D eigenvalue weighted by molar-refractivity contribution is 5.49. The van der Waals surface area contributed by atoms with Crippen molar-refractivity contribution in [3.05, 3.63) is 30.1 Å². The average molecular weight is 280 g/mol. The zero-order valence-electron chi connectivity index (χ0n) is 12.4. The van der Waals surface area contributed by atoms with E-state index in [2.05, 4.69) is 11.8 Å². The summed E-state index contributed by atoms with van der Waals surface area (Å²) in [7, 11) is 1.78. The second-order valence-electron chi connectivity index (χ2n) is 5.58. The predicted octanol–water partition coefficient (Wildman–Crippen LogP) is 2.94. The van der Waals surface area contributed by atoms with E-state index < -0.39 is 0 Å². The molecular weight excluding hydrogens is 255 g/mol. The van der Waals surface area contributed by atoms with E-state index in [1.807, 2.05) is 12.1 Å². The fourth-order valence-corrected chi connectivity index (χ4v) is 3.36. The molecule has 0 bridgehead atoms. The van der Waals surface area contributed by atoms with E-state index in [9.17, 15) is 4.39 Å². The first-order valence-corrected chi connectivity index (χ1v) is 7.41. The Labute approximate surface area is 120 Å². The number of nitrogens with two attached hydrogens (primary N) is 1. The molecule has 3 nitrogen and oxygen atoms in total. The average Bonchev–Trinajstić information content (AvgIpc) is 2.50. The minimum atomic E-state index is -0.199. The van der Waals surface area contributed by atoms with Gasteiger partial charge in [-0.15, -0.1) is 0 Å². The lowest BCUT2D eigenvalue weighted by Gasteiger charge is -2.48. The molecule has 1 aliphatic rings. The van der Waals surface area contributed by atoms with Crippen LogP contribution in [-0.4, -0.2) is 31.8 Å². The highest BCUT2D eigenvalue weighted by Gasteiger charge is 2.38. The van der Waals surface area contributed by atoms with Crippen molar-refractivity contribution in [2.75, 3.05) is 25.1 Å². The third-order valence-corrected chi connectivity index (χ3v) is 4.60. The number of anilines is 1. The van der Waals surface area contributed by atoms with Gasteiger partial charge in [0, 0.05) is 25.9 Å². The maximum atomic E-state index is 13.1. The van der Waals surface area contributed by atoms with Crippen molar-refractivity contribution in [1.82, 2.24) is 0 Å². The third-order valence-electron chi connectivity index (χ3n) is 4.60. The van der Waals surface area contributed by atoms with Crippen molar-refractivity contribution in [2.45, 2.75) is 44.2 Å². The summed E-state index contributed by atoms with van der Waals surface area (Å²) in [5.41, 5.74) is 7.14. The van der Waals surface area contributed by atoms with Crippen LogP contribution >= 0.6 is 0 Å². The molecule has 0 unspecified atom stereocenters. The van der Waals surface area contributed by atoms with Gasteiger partial charge in [0.05, 0.1) is 11.6 Å². The smallest absolute Gasteiger partial charge is 0.123 e. The SMILES string of the molecule is CCN(c1ccc(F)cc1)C1(CN)CCC(OC)CC1. The zero-order valence-corrected chi connectivity index (χ0v) is 12.4. The summed E-state index contributed by atoms with van der Waals surface area (Å²) in [5, 5.41) is 0. The molecule has 0 amide bonds. The van der Waals surface area contributed by atoms with Gasteiger partial charge in [-0.3, -0.25) is 0 Å². The van der Waals surface area contributed by atoms with Crippen molar-refractivity contribution in [3.63, 3.8) is 0 Å². The van der Waals surface area contributed by atoms with Gasteiger partial charge in [0.1, 0.15) is 5.82 Å².